The van der Waals surface area contributed by atoms with Gasteiger partial charge in [-0.1, -0.05) is 38.1 Å². The molecule has 0 bridgehead atoms. The Balaban J connectivity index is 1.59. The van der Waals surface area contributed by atoms with E-state index >= 15 is 0 Å². The number of benzene rings is 2. The van der Waals surface area contributed by atoms with Gasteiger partial charge in [0.25, 0.3) is 0 Å². The summed E-state index contributed by atoms with van der Waals surface area (Å²) in [7, 11) is 0. The maximum absolute atomic E-state index is 14.1. The van der Waals surface area contributed by atoms with E-state index in [0.717, 1.165) is 17.7 Å². The van der Waals surface area contributed by atoms with Gasteiger partial charge in [0.2, 0.25) is 0 Å². The van der Waals surface area contributed by atoms with Crippen LogP contribution in [0.25, 0.3) is 0 Å². The highest BCUT2D eigenvalue weighted by Gasteiger charge is 2.25. The van der Waals surface area contributed by atoms with Crippen molar-refractivity contribution in [3.05, 3.63) is 59.4 Å². The first-order valence-electron chi connectivity index (χ1n) is 9.56. The van der Waals surface area contributed by atoms with Gasteiger partial charge in [-0.15, -0.1) is 0 Å². The predicted molar refractivity (Wildman–Crippen MR) is 106 cm³/mol. The molecule has 0 aromatic heterocycles. The molecular formula is C22H27FN2O3. The average molecular weight is 386 g/mol. The summed E-state index contributed by atoms with van der Waals surface area (Å²) < 4.78 is 25.4. The quantitative estimate of drug-likeness (QED) is 0.804. The third-order valence-corrected chi connectivity index (χ3v) is 4.91. The van der Waals surface area contributed by atoms with Crippen LogP contribution >= 0.6 is 0 Å². The second kappa shape index (κ2) is 8.50. The zero-order valence-electron chi connectivity index (χ0n) is 16.5. The van der Waals surface area contributed by atoms with E-state index in [4.69, 9.17) is 9.47 Å². The third-order valence-electron chi connectivity index (χ3n) is 4.91. The van der Waals surface area contributed by atoms with E-state index in [9.17, 15) is 9.18 Å². The fourth-order valence-electron chi connectivity index (χ4n) is 3.19. The third kappa shape index (κ3) is 4.74. The lowest BCUT2D eigenvalue weighted by molar-refractivity contribution is 0.235. The summed E-state index contributed by atoms with van der Waals surface area (Å²) in [6.45, 7) is 7.27. The monoisotopic (exact) mass is 386 g/mol. The van der Waals surface area contributed by atoms with Gasteiger partial charge < -0.3 is 20.1 Å². The molecule has 3 rings (SSSR count). The van der Waals surface area contributed by atoms with Crippen molar-refractivity contribution < 1.29 is 18.7 Å². The van der Waals surface area contributed by atoms with Gasteiger partial charge in [0.1, 0.15) is 5.82 Å². The van der Waals surface area contributed by atoms with Crippen molar-refractivity contribution in [1.82, 2.24) is 10.6 Å². The van der Waals surface area contributed by atoms with E-state index in [2.05, 4.69) is 10.6 Å². The number of fused-ring (bicyclic) bond motifs is 1. The number of nitrogens with one attached hydrogen (secondary N) is 2. The van der Waals surface area contributed by atoms with Crippen molar-refractivity contribution in [1.29, 1.82) is 0 Å². The Kier molecular flexibility index (Phi) is 6.07. The Morgan fingerprint density at radius 1 is 1.14 bits per heavy atom. The highest BCUT2D eigenvalue weighted by molar-refractivity contribution is 5.74. The van der Waals surface area contributed by atoms with Gasteiger partial charge in [-0.2, -0.15) is 0 Å². The summed E-state index contributed by atoms with van der Waals surface area (Å²) in [5.41, 5.74) is 0.972. The second-order valence-corrected chi connectivity index (χ2v) is 7.67. The van der Waals surface area contributed by atoms with E-state index in [0.29, 0.717) is 31.1 Å². The number of amides is 2. The molecule has 2 N–H and O–H groups in total. The molecule has 0 saturated carbocycles. The Labute approximate surface area is 165 Å². The number of urea groups is 1. The van der Waals surface area contributed by atoms with Crippen LogP contribution in [0.3, 0.4) is 0 Å². The van der Waals surface area contributed by atoms with Crippen LogP contribution in [0.5, 0.6) is 11.5 Å². The zero-order valence-corrected chi connectivity index (χ0v) is 16.5. The van der Waals surface area contributed by atoms with E-state index in [1.807, 2.05) is 39.0 Å². The van der Waals surface area contributed by atoms with Crippen LogP contribution in [0.2, 0.25) is 0 Å². The Morgan fingerprint density at radius 2 is 1.86 bits per heavy atom. The smallest absolute Gasteiger partial charge is 0.315 e. The first kappa shape index (κ1) is 20.0. The number of carbonyl (C=O) groups is 1. The summed E-state index contributed by atoms with van der Waals surface area (Å²) in [6.07, 6.45) is 0.845. The van der Waals surface area contributed by atoms with E-state index < -0.39 is 5.41 Å². The zero-order chi connectivity index (χ0) is 20.1. The molecule has 1 atom stereocenters. The van der Waals surface area contributed by atoms with Crippen molar-refractivity contribution in [2.75, 3.05) is 19.8 Å². The van der Waals surface area contributed by atoms with Gasteiger partial charge in [0.15, 0.2) is 11.5 Å². The van der Waals surface area contributed by atoms with Crippen LogP contribution in [-0.2, 0) is 5.41 Å². The van der Waals surface area contributed by atoms with Crippen molar-refractivity contribution in [2.24, 2.45) is 0 Å². The Morgan fingerprint density at radius 3 is 2.61 bits per heavy atom. The maximum Gasteiger partial charge on any atom is 0.315 e. The number of hydrogen-bond donors (Lipinski definition) is 2. The topological polar surface area (TPSA) is 59.6 Å². The lowest BCUT2D eigenvalue weighted by Gasteiger charge is -2.26. The van der Waals surface area contributed by atoms with E-state index in [1.54, 1.807) is 18.2 Å². The summed E-state index contributed by atoms with van der Waals surface area (Å²) in [6, 6.07) is 11.8. The van der Waals surface area contributed by atoms with Crippen molar-refractivity contribution >= 4 is 6.03 Å². The molecule has 28 heavy (non-hydrogen) atoms. The predicted octanol–water partition coefficient (Wildman–Crippen LogP) is 4.33. The number of halogens is 1. The van der Waals surface area contributed by atoms with Gasteiger partial charge in [0, 0.05) is 18.4 Å². The fourth-order valence-corrected chi connectivity index (χ4v) is 3.19. The Bertz CT molecular complexity index is 838. The maximum atomic E-state index is 14.1. The molecule has 0 aliphatic carbocycles. The molecule has 2 amide bonds. The molecule has 0 spiro atoms. The largest absolute Gasteiger partial charge is 0.490 e. The molecule has 0 saturated heterocycles. The molecule has 5 nitrogen and oxygen atoms in total. The van der Waals surface area contributed by atoms with Crippen LogP contribution in [0.1, 0.15) is 44.4 Å². The normalized spacial score (nSPS) is 14.7. The Hall–Kier alpha value is -2.76. The van der Waals surface area contributed by atoms with E-state index in [-0.39, 0.29) is 17.9 Å². The SMILES string of the molecule is CC(NC(=O)NCC(C)(C)c1ccccc1F)c1ccc2c(c1)OCCCO2. The fraction of sp³-hybridized carbons (Fsp3) is 0.409. The van der Waals surface area contributed by atoms with Crippen molar-refractivity contribution in [3.63, 3.8) is 0 Å². The second-order valence-electron chi connectivity index (χ2n) is 7.67. The summed E-state index contributed by atoms with van der Waals surface area (Å²) in [4.78, 5) is 12.4. The molecule has 2 aromatic carbocycles. The molecule has 1 unspecified atom stereocenters. The molecular weight excluding hydrogens is 359 g/mol. The van der Waals surface area contributed by atoms with Gasteiger partial charge in [0.05, 0.1) is 19.3 Å². The first-order valence-corrected chi connectivity index (χ1v) is 9.56. The van der Waals surface area contributed by atoms with Gasteiger partial charge in [-0.25, -0.2) is 9.18 Å². The first-order chi connectivity index (χ1) is 13.4. The highest BCUT2D eigenvalue weighted by atomic mass is 19.1. The molecule has 0 radical (unpaired) electrons. The molecule has 1 heterocycles. The minimum atomic E-state index is -0.527. The number of ether oxygens (including phenoxy) is 2. The summed E-state index contributed by atoms with van der Waals surface area (Å²) in [5, 5.41) is 5.77. The molecule has 150 valence electrons. The van der Waals surface area contributed by atoms with E-state index in [1.165, 1.54) is 6.07 Å². The molecule has 0 fully saturated rings. The number of hydrogen-bond acceptors (Lipinski definition) is 3. The van der Waals surface area contributed by atoms with Gasteiger partial charge in [-0.3, -0.25) is 0 Å². The molecule has 6 heteroatoms. The standard InChI is InChI=1S/C22H27FN2O3/c1-15(16-9-10-19-20(13-16)28-12-6-11-27-19)25-21(26)24-14-22(2,3)17-7-4-5-8-18(17)23/h4-5,7-10,13,15H,6,11-12,14H2,1-3H3,(H2,24,25,26). The minimum Gasteiger partial charge on any atom is -0.490 e. The van der Waals surface area contributed by atoms with Crippen LogP contribution in [-0.4, -0.2) is 25.8 Å². The van der Waals surface area contributed by atoms with Crippen LogP contribution in [0, 0.1) is 5.82 Å². The molecule has 2 aromatic rings. The number of rotatable bonds is 5. The van der Waals surface area contributed by atoms with Gasteiger partial charge in [-0.05, 0) is 36.2 Å². The highest BCUT2D eigenvalue weighted by Crippen LogP contribution is 2.32. The van der Waals surface area contributed by atoms with Crippen molar-refractivity contribution in [3.8, 4) is 11.5 Å². The summed E-state index contributed by atoms with van der Waals surface area (Å²) >= 11 is 0. The minimum absolute atomic E-state index is 0.214. The molecule has 1 aliphatic heterocycles. The van der Waals surface area contributed by atoms with Gasteiger partial charge >= 0.3 is 6.03 Å². The lowest BCUT2D eigenvalue weighted by atomic mass is 9.84. The van der Waals surface area contributed by atoms with Crippen LogP contribution < -0.4 is 20.1 Å². The lowest BCUT2D eigenvalue weighted by Crippen LogP contribution is -2.43. The van der Waals surface area contributed by atoms with Crippen LogP contribution in [0.4, 0.5) is 9.18 Å². The summed E-state index contributed by atoms with van der Waals surface area (Å²) in [5.74, 6) is 1.16. The number of carbonyl (C=O) groups excluding carboxylic acids is 1. The molecule has 1 aliphatic rings. The average Bonchev–Trinajstić information content (AvgIpc) is 2.91. The van der Waals surface area contributed by atoms with Crippen LogP contribution in [0.15, 0.2) is 42.5 Å². The van der Waals surface area contributed by atoms with Crippen molar-refractivity contribution in [2.45, 2.75) is 38.6 Å².